The minimum atomic E-state index is 0.0700. The van der Waals surface area contributed by atoms with Crippen LogP contribution in [0.5, 0.6) is 0 Å². The van der Waals surface area contributed by atoms with E-state index in [2.05, 4.69) is 29.0 Å². The molecule has 2 aromatic rings. The van der Waals surface area contributed by atoms with Gasteiger partial charge in [0.2, 0.25) is 0 Å². The Morgan fingerprint density at radius 2 is 2.30 bits per heavy atom. The van der Waals surface area contributed by atoms with Gasteiger partial charge >= 0.3 is 0 Å². The van der Waals surface area contributed by atoms with Gasteiger partial charge in [-0.1, -0.05) is 0 Å². The number of carbonyl (C=O) groups is 1. The molecule has 1 aromatic carbocycles. The van der Waals surface area contributed by atoms with Crippen molar-refractivity contribution in [3.05, 3.63) is 34.7 Å². The highest BCUT2D eigenvalue weighted by Gasteiger charge is 2.39. The van der Waals surface area contributed by atoms with Crippen molar-refractivity contribution < 1.29 is 4.79 Å². The van der Waals surface area contributed by atoms with Gasteiger partial charge in [0.15, 0.2) is 0 Å². The molecule has 3 nitrogen and oxygen atoms in total. The van der Waals surface area contributed by atoms with Crippen LogP contribution in [0.2, 0.25) is 0 Å². The van der Waals surface area contributed by atoms with Gasteiger partial charge in [0, 0.05) is 28.4 Å². The van der Waals surface area contributed by atoms with E-state index in [1.807, 2.05) is 12.1 Å². The van der Waals surface area contributed by atoms with E-state index in [9.17, 15) is 4.79 Å². The zero-order valence-electron chi connectivity index (χ0n) is 11.5. The zero-order valence-corrected chi connectivity index (χ0v) is 12.3. The van der Waals surface area contributed by atoms with Crippen LogP contribution in [0, 0.1) is 6.92 Å². The minimum absolute atomic E-state index is 0.0700. The van der Waals surface area contributed by atoms with Gasteiger partial charge in [-0.05, 0) is 60.7 Å². The van der Waals surface area contributed by atoms with Crippen molar-refractivity contribution >= 4 is 27.3 Å². The third kappa shape index (κ3) is 1.95. The van der Waals surface area contributed by atoms with Crippen molar-refractivity contribution in [2.24, 2.45) is 0 Å². The molecule has 2 aliphatic heterocycles. The van der Waals surface area contributed by atoms with E-state index in [1.54, 1.807) is 11.3 Å². The van der Waals surface area contributed by atoms with Gasteiger partial charge in [-0.25, -0.2) is 0 Å². The van der Waals surface area contributed by atoms with Crippen LogP contribution in [0.15, 0.2) is 23.6 Å². The quantitative estimate of drug-likeness (QED) is 0.891. The highest BCUT2D eigenvalue weighted by molar-refractivity contribution is 7.17. The van der Waals surface area contributed by atoms with E-state index in [1.165, 1.54) is 28.5 Å². The molecule has 2 bridgehead atoms. The van der Waals surface area contributed by atoms with E-state index < -0.39 is 0 Å². The Kier molecular flexibility index (Phi) is 2.82. The van der Waals surface area contributed by atoms with Crippen molar-refractivity contribution in [2.45, 2.75) is 44.3 Å². The Balaban J connectivity index is 1.57. The maximum Gasteiger partial charge on any atom is 0.251 e. The third-order valence-corrected chi connectivity index (χ3v) is 5.68. The number of carbonyl (C=O) groups excluding carboxylic acids is 1. The van der Waals surface area contributed by atoms with Gasteiger partial charge in [-0.15, -0.1) is 11.3 Å². The number of thiophene rings is 1. The molecule has 4 rings (SSSR count). The number of amides is 1. The predicted octanol–water partition coefficient (Wildman–Crippen LogP) is 2.83. The Morgan fingerprint density at radius 3 is 3.05 bits per heavy atom. The molecule has 3 atom stereocenters. The van der Waals surface area contributed by atoms with Crippen molar-refractivity contribution in [3.63, 3.8) is 0 Å². The minimum Gasteiger partial charge on any atom is -0.348 e. The number of rotatable bonds is 2. The number of hydrogen-bond donors (Lipinski definition) is 2. The van der Waals surface area contributed by atoms with Gasteiger partial charge < -0.3 is 10.6 Å². The second-order valence-electron chi connectivity index (χ2n) is 6.00. The number of benzene rings is 1. The van der Waals surface area contributed by atoms with Gasteiger partial charge in [0.1, 0.15) is 0 Å². The van der Waals surface area contributed by atoms with Crippen LogP contribution in [-0.4, -0.2) is 24.0 Å². The summed E-state index contributed by atoms with van der Waals surface area (Å²) in [5, 5.41) is 10.0. The summed E-state index contributed by atoms with van der Waals surface area (Å²) >= 11 is 1.74. The van der Waals surface area contributed by atoms with Gasteiger partial charge in [-0.2, -0.15) is 0 Å². The fourth-order valence-corrected chi connectivity index (χ4v) is 4.49. The Morgan fingerprint density at radius 1 is 1.40 bits per heavy atom. The van der Waals surface area contributed by atoms with E-state index in [4.69, 9.17) is 0 Å². The van der Waals surface area contributed by atoms with Gasteiger partial charge in [0.25, 0.3) is 5.91 Å². The maximum atomic E-state index is 12.5. The third-order valence-electron chi connectivity index (χ3n) is 4.62. The van der Waals surface area contributed by atoms with Crippen molar-refractivity contribution in [1.82, 2.24) is 10.6 Å². The lowest BCUT2D eigenvalue weighted by Crippen LogP contribution is -2.42. The van der Waals surface area contributed by atoms with E-state index in [0.717, 1.165) is 12.0 Å². The van der Waals surface area contributed by atoms with Crippen LogP contribution in [-0.2, 0) is 0 Å². The summed E-state index contributed by atoms with van der Waals surface area (Å²) < 4.78 is 1.28. The molecule has 2 aliphatic rings. The van der Waals surface area contributed by atoms with Crippen LogP contribution in [0.1, 0.15) is 35.2 Å². The van der Waals surface area contributed by atoms with Crippen LogP contribution < -0.4 is 10.6 Å². The first-order chi connectivity index (χ1) is 9.70. The van der Waals surface area contributed by atoms with Gasteiger partial charge in [0.05, 0.1) is 0 Å². The lowest BCUT2D eigenvalue weighted by Gasteiger charge is -2.21. The topological polar surface area (TPSA) is 41.1 Å². The summed E-state index contributed by atoms with van der Waals surface area (Å²) in [5.74, 6) is 0.0700. The molecule has 4 heteroatoms. The SMILES string of the molecule is Cc1cc(C(=O)N[C@@H]2C[C@H]3CC[C@@H]2N3)cc2ccsc12. The van der Waals surface area contributed by atoms with Crippen LogP contribution in [0.3, 0.4) is 0 Å². The number of nitrogens with one attached hydrogen (secondary N) is 2. The number of aryl methyl sites for hydroxylation is 1. The van der Waals surface area contributed by atoms with Crippen molar-refractivity contribution in [3.8, 4) is 0 Å². The Bertz CT molecular complexity index is 678. The molecule has 0 spiro atoms. The smallest absolute Gasteiger partial charge is 0.251 e. The lowest BCUT2D eigenvalue weighted by atomic mass is 9.95. The Hall–Kier alpha value is -1.39. The standard InChI is InChI=1S/C16H18N2OS/c1-9-6-11(7-10-4-5-20-15(9)10)16(19)18-14-8-12-2-3-13(14)17-12/h4-7,12-14,17H,2-3,8H2,1H3,(H,18,19)/t12-,13+,14-/m1/s1. The molecule has 1 amide bonds. The van der Waals surface area contributed by atoms with Crippen molar-refractivity contribution in [2.75, 3.05) is 0 Å². The number of fused-ring (bicyclic) bond motifs is 3. The largest absolute Gasteiger partial charge is 0.348 e. The highest BCUT2D eigenvalue weighted by atomic mass is 32.1. The maximum absolute atomic E-state index is 12.5. The monoisotopic (exact) mass is 286 g/mol. The molecular formula is C16H18N2OS. The summed E-state index contributed by atoms with van der Waals surface area (Å²) in [4.78, 5) is 12.5. The summed E-state index contributed by atoms with van der Waals surface area (Å²) in [7, 11) is 0. The molecule has 1 aromatic heterocycles. The van der Waals surface area contributed by atoms with Crippen LogP contribution in [0.25, 0.3) is 10.1 Å². The Labute approximate surface area is 122 Å². The molecule has 0 unspecified atom stereocenters. The number of hydrogen-bond acceptors (Lipinski definition) is 3. The molecule has 2 N–H and O–H groups in total. The first kappa shape index (κ1) is 12.4. The lowest BCUT2D eigenvalue weighted by molar-refractivity contribution is 0.0931. The second kappa shape index (κ2) is 4.57. The molecule has 2 fully saturated rings. The average molecular weight is 286 g/mol. The molecule has 2 saturated heterocycles. The summed E-state index contributed by atoms with van der Waals surface area (Å²) in [6, 6.07) is 7.51. The first-order valence-corrected chi connectivity index (χ1v) is 8.13. The normalized spacial score (nSPS) is 28.1. The molecule has 104 valence electrons. The fourth-order valence-electron chi connectivity index (χ4n) is 3.63. The fraction of sp³-hybridized carbons (Fsp3) is 0.438. The summed E-state index contributed by atoms with van der Waals surface area (Å²) in [6.07, 6.45) is 3.53. The summed E-state index contributed by atoms with van der Waals surface area (Å²) in [6.45, 7) is 2.08. The molecule has 20 heavy (non-hydrogen) atoms. The molecule has 0 radical (unpaired) electrons. The van der Waals surface area contributed by atoms with Crippen LogP contribution >= 0.6 is 11.3 Å². The van der Waals surface area contributed by atoms with E-state index in [0.29, 0.717) is 18.1 Å². The predicted molar refractivity (Wildman–Crippen MR) is 82.4 cm³/mol. The van der Waals surface area contributed by atoms with E-state index in [-0.39, 0.29) is 5.91 Å². The molecule has 3 heterocycles. The van der Waals surface area contributed by atoms with Crippen LogP contribution in [0.4, 0.5) is 0 Å². The molecular weight excluding hydrogens is 268 g/mol. The second-order valence-corrected chi connectivity index (χ2v) is 6.91. The van der Waals surface area contributed by atoms with Gasteiger partial charge in [-0.3, -0.25) is 4.79 Å². The molecule has 0 aliphatic carbocycles. The summed E-state index contributed by atoms with van der Waals surface area (Å²) in [5.41, 5.74) is 1.98. The zero-order chi connectivity index (χ0) is 13.7. The first-order valence-electron chi connectivity index (χ1n) is 7.25. The highest BCUT2D eigenvalue weighted by Crippen LogP contribution is 2.29. The van der Waals surface area contributed by atoms with E-state index >= 15 is 0 Å². The van der Waals surface area contributed by atoms with Crippen molar-refractivity contribution in [1.29, 1.82) is 0 Å². The molecule has 0 saturated carbocycles. The average Bonchev–Trinajstić information content (AvgIpc) is 3.13.